The molecule has 0 aromatic heterocycles. The quantitative estimate of drug-likeness (QED) is 0.683. The summed E-state index contributed by atoms with van der Waals surface area (Å²) in [7, 11) is 0. The van der Waals surface area contributed by atoms with Crippen LogP contribution in [0.4, 0.5) is 5.69 Å². The Morgan fingerprint density at radius 2 is 1.73 bits per heavy atom. The summed E-state index contributed by atoms with van der Waals surface area (Å²) in [5.41, 5.74) is 2.59. The molecule has 0 saturated carbocycles. The van der Waals surface area contributed by atoms with Gasteiger partial charge >= 0.3 is 0 Å². The van der Waals surface area contributed by atoms with Gasteiger partial charge in [0.25, 0.3) is 0 Å². The first kappa shape index (κ1) is 16.6. The second-order valence-electron chi connectivity index (χ2n) is 7.48. The van der Waals surface area contributed by atoms with Gasteiger partial charge in [0.05, 0.1) is 6.04 Å². The molecule has 3 aromatic rings. The van der Waals surface area contributed by atoms with E-state index < -0.39 is 0 Å². The number of nitrogens with zero attached hydrogens (tertiary/aromatic N) is 1. The van der Waals surface area contributed by atoms with Crippen LogP contribution in [0.2, 0.25) is 0 Å². The smallest absolute Gasteiger partial charge is 0.227 e. The van der Waals surface area contributed by atoms with Gasteiger partial charge in [-0.2, -0.15) is 0 Å². The third kappa shape index (κ3) is 2.23. The van der Waals surface area contributed by atoms with Crippen LogP contribution in [0, 0.1) is 0 Å². The molecule has 1 amide bonds. The minimum atomic E-state index is -0.316. The molecule has 0 aliphatic carbocycles. The van der Waals surface area contributed by atoms with Gasteiger partial charge in [-0.05, 0) is 28.5 Å². The maximum Gasteiger partial charge on any atom is 0.227 e. The van der Waals surface area contributed by atoms with Gasteiger partial charge in [0, 0.05) is 23.1 Å². The molecule has 0 radical (unpaired) electrons. The number of anilines is 1. The van der Waals surface area contributed by atoms with Crippen LogP contribution in [-0.4, -0.2) is 11.0 Å². The molecule has 1 atom stereocenters. The number of aromatic hydroxyl groups is 1. The number of fused-ring (bicyclic) bond motifs is 2. The number of rotatable bonds is 2. The summed E-state index contributed by atoms with van der Waals surface area (Å²) in [6.45, 7) is 6.19. The van der Waals surface area contributed by atoms with E-state index in [1.807, 2.05) is 60.4 Å². The van der Waals surface area contributed by atoms with E-state index in [0.717, 1.165) is 27.6 Å². The number of carbonyl (C=O) groups excluding carboxylic acids is 1. The Morgan fingerprint density at radius 3 is 2.50 bits per heavy atom. The Kier molecular flexibility index (Phi) is 3.76. The van der Waals surface area contributed by atoms with E-state index >= 15 is 0 Å². The van der Waals surface area contributed by atoms with Crippen molar-refractivity contribution in [3.05, 3.63) is 71.8 Å². The highest BCUT2D eigenvalue weighted by molar-refractivity contribution is 5.99. The maximum absolute atomic E-state index is 12.9. The zero-order chi connectivity index (χ0) is 18.5. The second kappa shape index (κ2) is 5.87. The number of para-hydroxylation sites is 1. The number of amides is 1. The Bertz CT molecular complexity index is 1010. The minimum absolute atomic E-state index is 0.0698. The van der Waals surface area contributed by atoms with Crippen molar-refractivity contribution in [2.75, 3.05) is 4.90 Å². The average molecular weight is 345 g/mol. The fourth-order valence-corrected chi connectivity index (χ4v) is 4.35. The first-order valence-corrected chi connectivity index (χ1v) is 9.09. The van der Waals surface area contributed by atoms with Gasteiger partial charge in [0.2, 0.25) is 5.91 Å². The Morgan fingerprint density at radius 1 is 1.04 bits per heavy atom. The number of hydrogen-bond acceptors (Lipinski definition) is 2. The summed E-state index contributed by atoms with van der Waals surface area (Å²) in [5, 5.41) is 12.9. The van der Waals surface area contributed by atoms with E-state index in [1.54, 1.807) is 6.07 Å². The highest BCUT2D eigenvalue weighted by Gasteiger charge is 2.48. The van der Waals surface area contributed by atoms with Crippen molar-refractivity contribution in [3.63, 3.8) is 0 Å². The molecule has 26 heavy (non-hydrogen) atoms. The maximum atomic E-state index is 12.9. The third-order valence-electron chi connectivity index (χ3n) is 5.59. The number of carbonyl (C=O) groups is 1. The first-order valence-electron chi connectivity index (χ1n) is 9.09. The first-order chi connectivity index (χ1) is 12.5. The SMILES string of the molecule is CCC(=O)N1c2ccccc2C(C)(C)C1c1c(O)ccc2ccccc12. The number of phenols is 1. The summed E-state index contributed by atoms with van der Waals surface area (Å²) in [6, 6.07) is 19.5. The van der Waals surface area contributed by atoms with Crippen molar-refractivity contribution in [1.82, 2.24) is 0 Å². The molecule has 0 bridgehead atoms. The lowest BCUT2D eigenvalue weighted by molar-refractivity contribution is -0.118. The molecule has 0 fully saturated rings. The fourth-order valence-electron chi connectivity index (χ4n) is 4.35. The van der Waals surface area contributed by atoms with E-state index in [-0.39, 0.29) is 23.1 Å². The van der Waals surface area contributed by atoms with Crippen molar-refractivity contribution < 1.29 is 9.90 Å². The molecule has 132 valence electrons. The third-order valence-corrected chi connectivity index (χ3v) is 5.59. The van der Waals surface area contributed by atoms with Gasteiger partial charge in [-0.3, -0.25) is 4.79 Å². The summed E-state index contributed by atoms with van der Waals surface area (Å²) in [6.07, 6.45) is 0.423. The molecule has 1 unspecified atom stereocenters. The number of phenolic OH excluding ortho intramolecular Hbond substituents is 1. The molecular formula is C23H23NO2. The van der Waals surface area contributed by atoms with Gasteiger partial charge in [-0.15, -0.1) is 0 Å². The van der Waals surface area contributed by atoms with Crippen LogP contribution >= 0.6 is 0 Å². The van der Waals surface area contributed by atoms with Crippen LogP contribution < -0.4 is 4.90 Å². The van der Waals surface area contributed by atoms with Crippen molar-refractivity contribution in [1.29, 1.82) is 0 Å². The summed E-state index contributed by atoms with van der Waals surface area (Å²) < 4.78 is 0. The summed E-state index contributed by atoms with van der Waals surface area (Å²) in [4.78, 5) is 14.8. The minimum Gasteiger partial charge on any atom is -0.508 e. The van der Waals surface area contributed by atoms with Gasteiger partial charge in [0.1, 0.15) is 5.75 Å². The lowest BCUT2D eigenvalue weighted by Crippen LogP contribution is -2.37. The van der Waals surface area contributed by atoms with Crippen LogP contribution in [0.5, 0.6) is 5.75 Å². The predicted molar refractivity (Wildman–Crippen MR) is 106 cm³/mol. The Labute approximate surface area is 153 Å². The van der Waals surface area contributed by atoms with Crippen LogP contribution in [0.1, 0.15) is 44.4 Å². The molecule has 3 nitrogen and oxygen atoms in total. The Balaban J connectivity index is 2.05. The Hall–Kier alpha value is -2.81. The monoisotopic (exact) mass is 345 g/mol. The van der Waals surface area contributed by atoms with Crippen molar-refractivity contribution in [3.8, 4) is 5.75 Å². The van der Waals surface area contributed by atoms with Crippen LogP contribution in [0.25, 0.3) is 10.8 Å². The highest BCUT2D eigenvalue weighted by Crippen LogP contribution is 2.55. The standard InChI is InChI=1S/C23H23NO2/c1-4-20(26)24-18-12-8-7-11-17(18)23(2,3)22(24)21-16-10-6-5-9-15(16)13-14-19(21)25/h5-14,22,25H,4H2,1-3H3. The van der Waals surface area contributed by atoms with E-state index in [4.69, 9.17) is 0 Å². The lowest BCUT2D eigenvalue weighted by Gasteiger charge is -2.34. The summed E-state index contributed by atoms with van der Waals surface area (Å²) in [5.74, 6) is 0.309. The van der Waals surface area contributed by atoms with Crippen molar-refractivity contribution in [2.24, 2.45) is 0 Å². The van der Waals surface area contributed by atoms with Gasteiger partial charge in [0.15, 0.2) is 0 Å². The van der Waals surface area contributed by atoms with Crippen LogP contribution in [0.15, 0.2) is 60.7 Å². The van der Waals surface area contributed by atoms with E-state index in [0.29, 0.717) is 6.42 Å². The molecule has 1 heterocycles. The van der Waals surface area contributed by atoms with Crippen LogP contribution in [-0.2, 0) is 10.2 Å². The largest absolute Gasteiger partial charge is 0.508 e. The number of hydrogen-bond donors (Lipinski definition) is 1. The van der Waals surface area contributed by atoms with Gasteiger partial charge < -0.3 is 10.0 Å². The van der Waals surface area contributed by atoms with Gasteiger partial charge in [-0.25, -0.2) is 0 Å². The highest BCUT2D eigenvalue weighted by atomic mass is 16.3. The second-order valence-corrected chi connectivity index (χ2v) is 7.48. The fraction of sp³-hybridized carbons (Fsp3) is 0.261. The summed E-state index contributed by atoms with van der Waals surface area (Å²) >= 11 is 0. The van der Waals surface area contributed by atoms with Crippen molar-refractivity contribution >= 4 is 22.4 Å². The van der Waals surface area contributed by atoms with E-state index in [2.05, 4.69) is 19.9 Å². The molecule has 1 aliphatic heterocycles. The zero-order valence-corrected chi connectivity index (χ0v) is 15.4. The molecule has 0 saturated heterocycles. The normalized spacial score (nSPS) is 18.1. The topological polar surface area (TPSA) is 40.5 Å². The van der Waals surface area contributed by atoms with Crippen molar-refractivity contribution in [2.45, 2.75) is 38.6 Å². The van der Waals surface area contributed by atoms with Gasteiger partial charge in [-0.1, -0.05) is 69.3 Å². The molecule has 0 spiro atoms. The zero-order valence-electron chi connectivity index (χ0n) is 15.4. The average Bonchev–Trinajstić information content (AvgIpc) is 2.89. The molecule has 1 aliphatic rings. The molecular weight excluding hydrogens is 322 g/mol. The van der Waals surface area contributed by atoms with E-state index in [1.165, 1.54) is 0 Å². The van der Waals surface area contributed by atoms with Crippen LogP contribution in [0.3, 0.4) is 0 Å². The lowest BCUT2D eigenvalue weighted by atomic mass is 9.76. The number of benzene rings is 3. The molecule has 3 aromatic carbocycles. The predicted octanol–water partition coefficient (Wildman–Crippen LogP) is 5.32. The van der Waals surface area contributed by atoms with E-state index in [9.17, 15) is 9.90 Å². The molecule has 4 rings (SSSR count). The molecule has 3 heteroatoms. The molecule has 1 N–H and O–H groups in total.